The third-order valence-electron chi connectivity index (χ3n) is 4.20. The standard InChI is InChI=1S/C15H18BrN3O/c1-2-15(6-8-17-9-7-15)14-18-13(19-20-14)11-4-3-5-12(16)10-11/h3-5,10,17H,2,6-9H2,1H3. The number of benzene rings is 1. The lowest BCUT2D eigenvalue weighted by Gasteiger charge is -2.33. The van der Waals surface area contributed by atoms with Crippen LogP contribution in [0.1, 0.15) is 32.1 Å². The molecule has 106 valence electrons. The van der Waals surface area contributed by atoms with Crippen molar-refractivity contribution in [3.8, 4) is 11.4 Å². The molecule has 0 radical (unpaired) electrons. The molecule has 1 saturated heterocycles. The largest absolute Gasteiger partial charge is 0.338 e. The van der Waals surface area contributed by atoms with Crippen molar-refractivity contribution in [3.05, 3.63) is 34.6 Å². The molecule has 1 aliphatic heterocycles. The summed E-state index contributed by atoms with van der Waals surface area (Å²) < 4.78 is 6.61. The maximum atomic E-state index is 5.59. The SMILES string of the molecule is CCC1(c2nc(-c3cccc(Br)c3)no2)CCNCC1. The second-order valence-electron chi connectivity index (χ2n) is 5.32. The number of hydrogen-bond donors (Lipinski definition) is 1. The van der Waals surface area contributed by atoms with E-state index in [9.17, 15) is 0 Å². The van der Waals surface area contributed by atoms with Crippen LogP contribution in [-0.4, -0.2) is 23.2 Å². The normalized spacial score (nSPS) is 18.1. The Kier molecular flexibility index (Phi) is 3.89. The monoisotopic (exact) mass is 335 g/mol. The van der Waals surface area contributed by atoms with Gasteiger partial charge in [0, 0.05) is 10.0 Å². The summed E-state index contributed by atoms with van der Waals surface area (Å²) in [4.78, 5) is 4.66. The highest BCUT2D eigenvalue weighted by molar-refractivity contribution is 9.10. The van der Waals surface area contributed by atoms with Gasteiger partial charge in [0.15, 0.2) is 0 Å². The van der Waals surface area contributed by atoms with E-state index in [1.54, 1.807) is 0 Å². The summed E-state index contributed by atoms with van der Waals surface area (Å²) in [5, 5.41) is 7.56. The number of halogens is 1. The minimum atomic E-state index is 0.0442. The quantitative estimate of drug-likeness (QED) is 0.932. The van der Waals surface area contributed by atoms with Gasteiger partial charge < -0.3 is 9.84 Å². The van der Waals surface area contributed by atoms with Crippen LogP contribution in [0.5, 0.6) is 0 Å². The number of hydrogen-bond acceptors (Lipinski definition) is 4. The molecule has 3 rings (SSSR count). The van der Waals surface area contributed by atoms with Crippen molar-refractivity contribution in [1.82, 2.24) is 15.5 Å². The van der Waals surface area contributed by atoms with Gasteiger partial charge in [-0.2, -0.15) is 4.98 Å². The minimum absolute atomic E-state index is 0.0442. The Morgan fingerprint density at radius 1 is 1.35 bits per heavy atom. The van der Waals surface area contributed by atoms with Crippen molar-refractivity contribution >= 4 is 15.9 Å². The summed E-state index contributed by atoms with van der Waals surface area (Å²) in [6.07, 6.45) is 3.15. The molecule has 0 amide bonds. The number of aromatic nitrogens is 2. The van der Waals surface area contributed by atoms with Crippen molar-refractivity contribution in [2.75, 3.05) is 13.1 Å². The van der Waals surface area contributed by atoms with Gasteiger partial charge in [-0.3, -0.25) is 0 Å². The first-order chi connectivity index (χ1) is 9.73. The second kappa shape index (κ2) is 5.66. The lowest BCUT2D eigenvalue weighted by Crippen LogP contribution is -2.39. The predicted molar refractivity (Wildman–Crippen MR) is 81.5 cm³/mol. The van der Waals surface area contributed by atoms with Crippen LogP contribution >= 0.6 is 15.9 Å². The highest BCUT2D eigenvalue weighted by atomic mass is 79.9. The zero-order valence-corrected chi connectivity index (χ0v) is 13.1. The number of nitrogens with one attached hydrogen (secondary N) is 1. The molecule has 0 saturated carbocycles. The maximum Gasteiger partial charge on any atom is 0.233 e. The zero-order valence-electron chi connectivity index (χ0n) is 11.5. The molecule has 0 unspecified atom stereocenters. The fourth-order valence-corrected chi connectivity index (χ4v) is 3.21. The van der Waals surface area contributed by atoms with Gasteiger partial charge in [0.2, 0.25) is 11.7 Å². The van der Waals surface area contributed by atoms with Crippen LogP contribution in [-0.2, 0) is 5.41 Å². The van der Waals surface area contributed by atoms with Crippen LogP contribution in [0.3, 0.4) is 0 Å². The van der Waals surface area contributed by atoms with Gasteiger partial charge in [0.25, 0.3) is 0 Å². The summed E-state index contributed by atoms with van der Waals surface area (Å²) in [6.45, 7) is 4.24. The van der Waals surface area contributed by atoms with Crippen LogP contribution < -0.4 is 5.32 Å². The molecule has 1 aliphatic rings. The van der Waals surface area contributed by atoms with Gasteiger partial charge in [-0.1, -0.05) is 40.1 Å². The molecule has 0 bridgehead atoms. The van der Waals surface area contributed by atoms with E-state index in [1.165, 1.54) is 0 Å². The van der Waals surface area contributed by atoms with Gasteiger partial charge in [0.05, 0.1) is 5.41 Å². The molecule has 4 nitrogen and oxygen atoms in total. The number of piperidine rings is 1. The van der Waals surface area contributed by atoms with Crippen LogP contribution in [0, 0.1) is 0 Å². The summed E-state index contributed by atoms with van der Waals surface area (Å²) in [5.41, 5.74) is 1.03. The van der Waals surface area contributed by atoms with Crippen molar-refractivity contribution in [2.24, 2.45) is 0 Å². The van der Waals surface area contributed by atoms with E-state index in [-0.39, 0.29) is 5.41 Å². The molecule has 2 heterocycles. The molecule has 0 spiro atoms. The molecule has 20 heavy (non-hydrogen) atoms. The molecule has 0 atom stereocenters. The van der Waals surface area contributed by atoms with E-state index in [2.05, 4.69) is 38.3 Å². The van der Waals surface area contributed by atoms with Crippen molar-refractivity contribution in [1.29, 1.82) is 0 Å². The fraction of sp³-hybridized carbons (Fsp3) is 0.467. The van der Waals surface area contributed by atoms with Crippen LogP contribution in [0.2, 0.25) is 0 Å². The summed E-state index contributed by atoms with van der Waals surface area (Å²) >= 11 is 3.47. The first-order valence-electron chi connectivity index (χ1n) is 7.04. The van der Waals surface area contributed by atoms with E-state index >= 15 is 0 Å². The molecule has 0 aliphatic carbocycles. The van der Waals surface area contributed by atoms with Crippen molar-refractivity contribution in [2.45, 2.75) is 31.6 Å². The van der Waals surface area contributed by atoms with Gasteiger partial charge in [-0.15, -0.1) is 0 Å². The first kappa shape index (κ1) is 13.8. The molecule has 1 fully saturated rings. The topological polar surface area (TPSA) is 51.0 Å². The molecule has 1 N–H and O–H groups in total. The molecule has 1 aromatic carbocycles. The highest BCUT2D eigenvalue weighted by Crippen LogP contribution is 2.36. The van der Waals surface area contributed by atoms with Crippen molar-refractivity contribution < 1.29 is 4.52 Å². The third-order valence-corrected chi connectivity index (χ3v) is 4.69. The lowest BCUT2D eigenvalue weighted by molar-refractivity contribution is 0.216. The Bertz CT molecular complexity index is 590. The number of rotatable bonds is 3. The fourth-order valence-electron chi connectivity index (χ4n) is 2.81. The zero-order chi connectivity index (χ0) is 14.0. The maximum absolute atomic E-state index is 5.59. The van der Waals surface area contributed by atoms with Gasteiger partial charge in [-0.05, 0) is 44.5 Å². The van der Waals surface area contributed by atoms with E-state index in [0.29, 0.717) is 5.82 Å². The van der Waals surface area contributed by atoms with Gasteiger partial charge in [0.1, 0.15) is 0 Å². The van der Waals surface area contributed by atoms with Gasteiger partial charge >= 0.3 is 0 Å². The summed E-state index contributed by atoms with van der Waals surface area (Å²) in [6, 6.07) is 7.98. The Morgan fingerprint density at radius 3 is 2.85 bits per heavy atom. The summed E-state index contributed by atoms with van der Waals surface area (Å²) in [7, 11) is 0. The molecule has 1 aromatic heterocycles. The average molecular weight is 336 g/mol. The van der Waals surface area contributed by atoms with E-state index < -0.39 is 0 Å². The predicted octanol–water partition coefficient (Wildman–Crippen LogP) is 3.53. The third kappa shape index (κ3) is 2.52. The lowest BCUT2D eigenvalue weighted by atomic mass is 9.76. The average Bonchev–Trinajstić information content (AvgIpc) is 2.98. The Labute approximate surface area is 127 Å². The second-order valence-corrected chi connectivity index (χ2v) is 6.23. The van der Waals surface area contributed by atoms with Crippen molar-refractivity contribution in [3.63, 3.8) is 0 Å². The number of nitrogens with zero attached hydrogens (tertiary/aromatic N) is 2. The Morgan fingerprint density at radius 2 is 2.15 bits per heavy atom. The highest BCUT2D eigenvalue weighted by Gasteiger charge is 2.37. The Balaban J connectivity index is 1.93. The first-order valence-corrected chi connectivity index (χ1v) is 7.84. The molecule has 5 heteroatoms. The van der Waals surface area contributed by atoms with Gasteiger partial charge in [-0.25, -0.2) is 0 Å². The minimum Gasteiger partial charge on any atom is -0.338 e. The van der Waals surface area contributed by atoms with Crippen LogP contribution in [0.25, 0.3) is 11.4 Å². The molecular weight excluding hydrogens is 318 g/mol. The van der Waals surface area contributed by atoms with Crippen LogP contribution in [0.4, 0.5) is 0 Å². The van der Waals surface area contributed by atoms with Crippen LogP contribution in [0.15, 0.2) is 33.3 Å². The van der Waals surface area contributed by atoms with E-state index in [0.717, 1.165) is 48.3 Å². The summed E-state index contributed by atoms with van der Waals surface area (Å²) in [5.74, 6) is 1.46. The van der Waals surface area contributed by atoms with E-state index in [1.807, 2.05) is 24.3 Å². The molecular formula is C15H18BrN3O. The van der Waals surface area contributed by atoms with E-state index in [4.69, 9.17) is 4.52 Å². The Hall–Kier alpha value is -1.20. The molecule has 2 aromatic rings. The smallest absolute Gasteiger partial charge is 0.233 e.